The Kier molecular flexibility index (Phi) is 3.89. The number of carbonyl (C=O) groups is 2. The van der Waals surface area contributed by atoms with Gasteiger partial charge < -0.3 is 9.47 Å². The van der Waals surface area contributed by atoms with Crippen molar-refractivity contribution in [2.45, 2.75) is 34.1 Å². The van der Waals surface area contributed by atoms with Crippen molar-refractivity contribution in [2.75, 3.05) is 14.2 Å². The van der Waals surface area contributed by atoms with Crippen molar-refractivity contribution in [3.05, 3.63) is 11.6 Å². The fraction of sp³-hybridized carbons (Fsp3) is 0.714. The van der Waals surface area contributed by atoms with E-state index >= 15 is 0 Å². The van der Waals surface area contributed by atoms with Crippen LogP contribution in [0.3, 0.4) is 0 Å². The van der Waals surface area contributed by atoms with Crippen LogP contribution in [-0.2, 0) is 19.1 Å². The van der Waals surface area contributed by atoms with Crippen LogP contribution in [0.25, 0.3) is 0 Å². The maximum absolute atomic E-state index is 11.5. The molecule has 0 spiro atoms. The molecule has 1 saturated carbocycles. The molecule has 0 aromatic heterocycles. The van der Waals surface area contributed by atoms with Crippen LogP contribution in [0.5, 0.6) is 0 Å². The molecule has 1 rings (SSSR count). The Hall–Kier alpha value is -1.32. The van der Waals surface area contributed by atoms with Gasteiger partial charge in [-0.05, 0) is 17.3 Å². The van der Waals surface area contributed by atoms with Gasteiger partial charge in [0.05, 0.1) is 14.2 Å². The van der Waals surface area contributed by atoms with Gasteiger partial charge in [-0.1, -0.05) is 39.3 Å². The van der Waals surface area contributed by atoms with Crippen LogP contribution < -0.4 is 0 Å². The van der Waals surface area contributed by atoms with Crippen molar-refractivity contribution in [2.24, 2.45) is 16.7 Å². The zero-order valence-corrected chi connectivity index (χ0v) is 12.0. The first-order valence-electron chi connectivity index (χ1n) is 6.07. The third-order valence-corrected chi connectivity index (χ3v) is 4.38. The highest BCUT2D eigenvalue weighted by Gasteiger charge is 2.59. The molecule has 1 fully saturated rings. The molecule has 0 aromatic carbocycles. The van der Waals surface area contributed by atoms with Gasteiger partial charge in [0.15, 0.2) is 5.92 Å². The largest absolute Gasteiger partial charge is 0.468 e. The molecule has 0 saturated heterocycles. The Labute approximate surface area is 108 Å². The SMILES string of the molecule is COC(=O)C(CC=C1C(C)(C)C1(C)C)C(=O)OC. The predicted molar refractivity (Wildman–Crippen MR) is 67.8 cm³/mol. The molecule has 0 amide bonds. The molecule has 0 aliphatic heterocycles. The number of allylic oxidation sites excluding steroid dienone is 2. The van der Waals surface area contributed by atoms with Gasteiger partial charge >= 0.3 is 11.9 Å². The van der Waals surface area contributed by atoms with Crippen LogP contribution in [-0.4, -0.2) is 26.2 Å². The van der Waals surface area contributed by atoms with E-state index < -0.39 is 17.9 Å². The van der Waals surface area contributed by atoms with Gasteiger partial charge in [-0.25, -0.2) is 0 Å². The van der Waals surface area contributed by atoms with Gasteiger partial charge in [-0.15, -0.1) is 0 Å². The van der Waals surface area contributed by atoms with Gasteiger partial charge in [-0.2, -0.15) is 0 Å². The summed E-state index contributed by atoms with van der Waals surface area (Å²) in [4.78, 5) is 23.0. The van der Waals surface area contributed by atoms with Crippen LogP contribution >= 0.6 is 0 Å². The summed E-state index contributed by atoms with van der Waals surface area (Å²) < 4.78 is 9.25. The summed E-state index contributed by atoms with van der Waals surface area (Å²) >= 11 is 0. The fourth-order valence-electron chi connectivity index (χ4n) is 2.39. The summed E-state index contributed by atoms with van der Waals surface area (Å²) in [6.07, 6.45) is 2.31. The van der Waals surface area contributed by atoms with Gasteiger partial charge in [0, 0.05) is 0 Å². The van der Waals surface area contributed by atoms with E-state index in [4.69, 9.17) is 0 Å². The number of esters is 2. The van der Waals surface area contributed by atoms with Crippen LogP contribution in [0, 0.1) is 16.7 Å². The lowest BCUT2D eigenvalue weighted by Crippen LogP contribution is -2.25. The highest BCUT2D eigenvalue weighted by Crippen LogP contribution is 2.68. The lowest BCUT2D eigenvalue weighted by Gasteiger charge is -2.09. The van der Waals surface area contributed by atoms with E-state index in [9.17, 15) is 9.59 Å². The van der Waals surface area contributed by atoms with E-state index in [1.165, 1.54) is 19.8 Å². The molecule has 0 bridgehead atoms. The monoisotopic (exact) mass is 254 g/mol. The van der Waals surface area contributed by atoms with Crippen molar-refractivity contribution in [3.63, 3.8) is 0 Å². The summed E-state index contributed by atoms with van der Waals surface area (Å²) in [7, 11) is 2.55. The number of methoxy groups -OCH3 is 2. The molecule has 0 N–H and O–H groups in total. The van der Waals surface area contributed by atoms with Crippen molar-refractivity contribution in [1.82, 2.24) is 0 Å². The fourth-order valence-corrected chi connectivity index (χ4v) is 2.39. The van der Waals surface area contributed by atoms with E-state index in [1.807, 2.05) is 6.08 Å². The molecule has 102 valence electrons. The van der Waals surface area contributed by atoms with Crippen LogP contribution in [0.1, 0.15) is 34.1 Å². The first-order valence-corrected chi connectivity index (χ1v) is 6.07. The molecule has 18 heavy (non-hydrogen) atoms. The van der Waals surface area contributed by atoms with Gasteiger partial charge in [0.1, 0.15) is 0 Å². The molecular formula is C14H22O4. The maximum Gasteiger partial charge on any atom is 0.320 e. The quantitative estimate of drug-likeness (QED) is 0.439. The van der Waals surface area contributed by atoms with Crippen LogP contribution in [0.15, 0.2) is 11.6 Å². The average Bonchev–Trinajstić information content (AvgIpc) is 2.70. The van der Waals surface area contributed by atoms with Crippen molar-refractivity contribution >= 4 is 11.9 Å². The Morgan fingerprint density at radius 2 is 1.44 bits per heavy atom. The summed E-state index contributed by atoms with van der Waals surface area (Å²) in [5.41, 5.74) is 1.53. The van der Waals surface area contributed by atoms with Crippen molar-refractivity contribution in [3.8, 4) is 0 Å². The standard InChI is InChI=1S/C14H22O4/c1-13(2)10(14(13,3)4)8-7-9(11(15)17-5)12(16)18-6/h8-9H,7H2,1-6H3. The second kappa shape index (κ2) is 4.75. The zero-order chi connectivity index (χ0) is 14.1. The van der Waals surface area contributed by atoms with Gasteiger partial charge in [0.25, 0.3) is 0 Å². The number of rotatable bonds is 4. The Balaban J connectivity index is 2.80. The third-order valence-electron chi connectivity index (χ3n) is 4.38. The average molecular weight is 254 g/mol. The zero-order valence-electron chi connectivity index (χ0n) is 12.0. The third kappa shape index (κ3) is 2.28. The predicted octanol–water partition coefficient (Wildman–Crippen LogP) is 2.33. The van der Waals surface area contributed by atoms with E-state index in [-0.39, 0.29) is 10.8 Å². The number of ether oxygens (including phenoxy) is 2. The minimum atomic E-state index is -0.861. The first kappa shape index (κ1) is 14.7. The molecule has 0 atom stereocenters. The molecule has 1 aliphatic rings. The van der Waals surface area contributed by atoms with Gasteiger partial charge in [-0.3, -0.25) is 9.59 Å². The molecule has 0 aromatic rings. The highest BCUT2D eigenvalue weighted by atomic mass is 16.5. The number of carbonyl (C=O) groups excluding carboxylic acids is 2. The maximum atomic E-state index is 11.5. The smallest absolute Gasteiger partial charge is 0.320 e. The summed E-state index contributed by atoms with van der Waals surface area (Å²) in [5.74, 6) is -1.95. The van der Waals surface area contributed by atoms with Crippen molar-refractivity contribution < 1.29 is 19.1 Å². The van der Waals surface area contributed by atoms with E-state index in [0.717, 1.165) is 0 Å². The summed E-state index contributed by atoms with van der Waals surface area (Å²) in [6, 6.07) is 0. The summed E-state index contributed by atoms with van der Waals surface area (Å²) in [6.45, 7) is 8.63. The van der Waals surface area contributed by atoms with Gasteiger partial charge in [0.2, 0.25) is 0 Å². The lowest BCUT2D eigenvalue weighted by atomic mass is 10.0. The molecular weight excluding hydrogens is 232 g/mol. The Bertz CT molecular complexity index is 359. The van der Waals surface area contributed by atoms with Crippen LogP contribution in [0.4, 0.5) is 0 Å². The lowest BCUT2D eigenvalue weighted by molar-refractivity contribution is -0.158. The molecule has 4 heteroatoms. The van der Waals surface area contributed by atoms with Crippen LogP contribution in [0.2, 0.25) is 0 Å². The molecule has 0 radical (unpaired) electrons. The minimum Gasteiger partial charge on any atom is -0.468 e. The normalized spacial score (nSPS) is 19.4. The van der Waals surface area contributed by atoms with E-state index in [0.29, 0.717) is 6.42 Å². The highest BCUT2D eigenvalue weighted by molar-refractivity contribution is 5.95. The van der Waals surface area contributed by atoms with E-state index in [1.54, 1.807) is 0 Å². The number of hydrogen-bond donors (Lipinski definition) is 0. The number of hydrogen-bond acceptors (Lipinski definition) is 4. The molecule has 0 unspecified atom stereocenters. The summed E-state index contributed by atoms with van der Waals surface area (Å²) in [5, 5.41) is 0. The Morgan fingerprint density at radius 1 is 1.06 bits per heavy atom. The second-order valence-electron chi connectivity index (χ2n) is 5.70. The van der Waals surface area contributed by atoms with E-state index in [2.05, 4.69) is 37.2 Å². The molecule has 4 nitrogen and oxygen atoms in total. The first-order chi connectivity index (χ1) is 8.20. The van der Waals surface area contributed by atoms with Crippen molar-refractivity contribution in [1.29, 1.82) is 0 Å². The molecule has 1 aliphatic carbocycles. The topological polar surface area (TPSA) is 52.6 Å². The molecule has 0 heterocycles. The minimum absolute atomic E-state index is 0.129. The Morgan fingerprint density at radius 3 is 1.72 bits per heavy atom. The second-order valence-corrected chi connectivity index (χ2v) is 5.70.